The highest BCUT2D eigenvalue weighted by Crippen LogP contribution is 2.44. The number of carbonyl (C=O) groups is 2. The van der Waals surface area contributed by atoms with Crippen LogP contribution in [0, 0.1) is 0 Å². The molecular weight excluding hydrogens is 426 g/mol. The number of nitrogens with zero attached hydrogens (tertiary/aromatic N) is 1. The highest BCUT2D eigenvalue weighted by molar-refractivity contribution is 6.46. The zero-order chi connectivity index (χ0) is 23.5. The van der Waals surface area contributed by atoms with Gasteiger partial charge in [0.05, 0.1) is 39.0 Å². The fourth-order valence-electron chi connectivity index (χ4n) is 4.43. The van der Waals surface area contributed by atoms with E-state index in [1.165, 1.54) is 19.1 Å². The van der Waals surface area contributed by atoms with Crippen LogP contribution in [0.1, 0.15) is 30.0 Å². The van der Waals surface area contributed by atoms with E-state index < -0.39 is 17.7 Å². The summed E-state index contributed by atoms with van der Waals surface area (Å²) >= 11 is 0. The molecule has 2 aliphatic heterocycles. The van der Waals surface area contributed by atoms with Crippen molar-refractivity contribution in [1.29, 1.82) is 0 Å². The van der Waals surface area contributed by atoms with E-state index in [1.807, 2.05) is 0 Å². The molecule has 4 rings (SSSR count). The van der Waals surface area contributed by atoms with Crippen LogP contribution < -0.4 is 14.2 Å². The van der Waals surface area contributed by atoms with Gasteiger partial charge in [0.15, 0.2) is 0 Å². The van der Waals surface area contributed by atoms with Crippen molar-refractivity contribution in [2.45, 2.75) is 25.0 Å². The van der Waals surface area contributed by atoms with Gasteiger partial charge >= 0.3 is 0 Å². The molecule has 2 atom stereocenters. The van der Waals surface area contributed by atoms with E-state index in [9.17, 15) is 14.7 Å². The quantitative estimate of drug-likeness (QED) is 0.390. The first-order chi connectivity index (χ1) is 16.0. The number of methoxy groups -OCH3 is 3. The third-order valence-electron chi connectivity index (χ3n) is 6.06. The van der Waals surface area contributed by atoms with Gasteiger partial charge in [0.2, 0.25) is 0 Å². The van der Waals surface area contributed by atoms with Crippen molar-refractivity contribution in [1.82, 2.24) is 4.90 Å². The molecule has 8 heteroatoms. The molecule has 2 aliphatic rings. The summed E-state index contributed by atoms with van der Waals surface area (Å²) in [5.74, 6) is -0.503. The van der Waals surface area contributed by atoms with Crippen molar-refractivity contribution < 1.29 is 33.6 Å². The maximum atomic E-state index is 13.3. The van der Waals surface area contributed by atoms with E-state index in [4.69, 9.17) is 18.9 Å². The molecule has 1 amide bonds. The molecule has 2 fully saturated rings. The Kier molecular flexibility index (Phi) is 6.55. The van der Waals surface area contributed by atoms with Gasteiger partial charge in [-0.2, -0.15) is 0 Å². The summed E-state index contributed by atoms with van der Waals surface area (Å²) < 4.78 is 21.8. The number of hydrogen-bond acceptors (Lipinski definition) is 7. The second-order valence-corrected chi connectivity index (χ2v) is 7.90. The van der Waals surface area contributed by atoms with E-state index in [0.717, 1.165) is 12.8 Å². The average Bonchev–Trinajstić information content (AvgIpc) is 3.45. The first-order valence-corrected chi connectivity index (χ1v) is 10.8. The molecule has 8 nitrogen and oxygen atoms in total. The van der Waals surface area contributed by atoms with Gasteiger partial charge < -0.3 is 29.0 Å². The van der Waals surface area contributed by atoms with Crippen LogP contribution in [0.2, 0.25) is 0 Å². The summed E-state index contributed by atoms with van der Waals surface area (Å²) in [4.78, 5) is 27.9. The number of carbonyl (C=O) groups excluding carboxylic acids is 2. The minimum Gasteiger partial charge on any atom is -0.506 e. The summed E-state index contributed by atoms with van der Waals surface area (Å²) in [5.41, 5.74) is 0.866. The lowest BCUT2D eigenvalue weighted by Crippen LogP contribution is -2.36. The molecule has 2 aromatic carbocycles. The normalized spacial score (nSPS) is 22.0. The highest BCUT2D eigenvalue weighted by atomic mass is 16.5. The molecule has 2 saturated heterocycles. The second kappa shape index (κ2) is 9.54. The summed E-state index contributed by atoms with van der Waals surface area (Å²) in [6, 6.07) is 11.3. The zero-order valence-electron chi connectivity index (χ0n) is 18.9. The van der Waals surface area contributed by atoms with Gasteiger partial charge in [-0.3, -0.25) is 9.59 Å². The third-order valence-corrected chi connectivity index (χ3v) is 6.06. The molecule has 0 aliphatic carbocycles. The molecule has 0 radical (unpaired) electrons. The Morgan fingerprint density at radius 3 is 2.24 bits per heavy atom. The van der Waals surface area contributed by atoms with Gasteiger partial charge in [0.25, 0.3) is 11.7 Å². The van der Waals surface area contributed by atoms with Gasteiger partial charge in [0, 0.05) is 13.2 Å². The number of rotatable bonds is 7. The van der Waals surface area contributed by atoms with E-state index >= 15 is 0 Å². The van der Waals surface area contributed by atoms with Crippen LogP contribution in [0.4, 0.5) is 0 Å². The van der Waals surface area contributed by atoms with Crippen LogP contribution in [-0.2, 0) is 14.3 Å². The highest BCUT2D eigenvalue weighted by Gasteiger charge is 2.47. The monoisotopic (exact) mass is 453 g/mol. The van der Waals surface area contributed by atoms with Crippen molar-refractivity contribution >= 4 is 17.4 Å². The molecule has 1 N–H and O–H groups in total. The van der Waals surface area contributed by atoms with Crippen LogP contribution in [0.15, 0.2) is 48.0 Å². The fourth-order valence-corrected chi connectivity index (χ4v) is 4.43. The van der Waals surface area contributed by atoms with Crippen molar-refractivity contribution in [2.24, 2.45) is 0 Å². The SMILES string of the molecule is COc1ccc(C2/C(=C(\O)c3c(OC)cccc3OC)C(=O)C(=O)N2CC2CCCO2)cc1. The van der Waals surface area contributed by atoms with Crippen molar-refractivity contribution in [3.05, 3.63) is 59.2 Å². The summed E-state index contributed by atoms with van der Waals surface area (Å²) in [6.07, 6.45) is 1.54. The summed E-state index contributed by atoms with van der Waals surface area (Å²) in [6.45, 7) is 0.876. The number of aliphatic hydroxyl groups is 1. The van der Waals surface area contributed by atoms with E-state index in [1.54, 1.807) is 49.6 Å². The van der Waals surface area contributed by atoms with E-state index in [0.29, 0.717) is 29.4 Å². The molecular formula is C25H27NO7. The van der Waals surface area contributed by atoms with Gasteiger partial charge in [-0.05, 0) is 42.7 Å². The Bertz CT molecular complexity index is 1050. The maximum absolute atomic E-state index is 13.3. The largest absolute Gasteiger partial charge is 0.506 e. The molecule has 2 aromatic rings. The Morgan fingerprint density at radius 2 is 1.70 bits per heavy atom. The molecule has 33 heavy (non-hydrogen) atoms. The minimum absolute atomic E-state index is 0.0223. The van der Waals surface area contributed by atoms with Crippen LogP contribution in [0.25, 0.3) is 5.76 Å². The van der Waals surface area contributed by atoms with Gasteiger partial charge in [-0.1, -0.05) is 18.2 Å². The molecule has 0 saturated carbocycles. The van der Waals surface area contributed by atoms with Crippen LogP contribution in [0.5, 0.6) is 17.2 Å². The first kappa shape index (κ1) is 22.7. The van der Waals surface area contributed by atoms with Gasteiger partial charge in [-0.25, -0.2) is 0 Å². The number of Topliss-reactive ketones (excluding diaryl/α,β-unsaturated/α-hetero) is 1. The number of aliphatic hydroxyl groups excluding tert-OH is 1. The molecule has 0 aromatic heterocycles. The molecule has 2 heterocycles. The maximum Gasteiger partial charge on any atom is 0.295 e. The van der Waals surface area contributed by atoms with Crippen LogP contribution >= 0.6 is 0 Å². The van der Waals surface area contributed by atoms with Crippen molar-refractivity contribution in [3.8, 4) is 17.2 Å². The predicted molar refractivity (Wildman–Crippen MR) is 121 cm³/mol. The molecule has 0 bridgehead atoms. The van der Waals surface area contributed by atoms with Gasteiger partial charge in [0.1, 0.15) is 28.6 Å². The van der Waals surface area contributed by atoms with E-state index in [2.05, 4.69) is 0 Å². The smallest absolute Gasteiger partial charge is 0.295 e. The number of ketones is 1. The molecule has 174 valence electrons. The number of amides is 1. The Morgan fingerprint density at radius 1 is 1.03 bits per heavy atom. The molecule has 2 unspecified atom stereocenters. The average molecular weight is 453 g/mol. The Hall–Kier alpha value is -3.52. The zero-order valence-corrected chi connectivity index (χ0v) is 18.9. The third kappa shape index (κ3) is 4.14. The van der Waals surface area contributed by atoms with E-state index in [-0.39, 0.29) is 29.5 Å². The number of benzene rings is 2. The van der Waals surface area contributed by atoms with Crippen molar-refractivity contribution in [3.63, 3.8) is 0 Å². The standard InChI is InChI=1S/C25H27NO7/c1-30-16-11-9-15(10-12-16)22-21(23(27)20-18(31-2)7-4-8-19(20)32-3)24(28)25(29)26(22)14-17-6-5-13-33-17/h4,7-12,17,22,27H,5-6,13-14H2,1-3H3/b23-21+. The number of hydrogen-bond donors (Lipinski definition) is 1. The lowest BCUT2D eigenvalue weighted by Gasteiger charge is -2.27. The minimum atomic E-state index is -0.797. The fraction of sp³-hybridized carbons (Fsp3) is 0.360. The lowest BCUT2D eigenvalue weighted by atomic mass is 9.94. The first-order valence-electron chi connectivity index (χ1n) is 10.8. The predicted octanol–water partition coefficient (Wildman–Crippen LogP) is 3.31. The Balaban J connectivity index is 1.89. The Labute approximate surface area is 192 Å². The van der Waals surface area contributed by atoms with Crippen LogP contribution in [0.3, 0.4) is 0 Å². The second-order valence-electron chi connectivity index (χ2n) is 7.90. The number of likely N-dealkylation sites (tertiary alicyclic amines) is 1. The van der Waals surface area contributed by atoms with Crippen molar-refractivity contribution in [2.75, 3.05) is 34.5 Å². The lowest BCUT2D eigenvalue weighted by molar-refractivity contribution is -0.140. The summed E-state index contributed by atoms with van der Waals surface area (Å²) in [7, 11) is 4.48. The topological polar surface area (TPSA) is 94.5 Å². The summed E-state index contributed by atoms with van der Waals surface area (Å²) in [5, 5.41) is 11.4. The van der Waals surface area contributed by atoms with Crippen LogP contribution in [-0.4, -0.2) is 62.3 Å². The van der Waals surface area contributed by atoms with Gasteiger partial charge in [-0.15, -0.1) is 0 Å². The molecule has 0 spiro atoms. The number of ether oxygens (including phenoxy) is 4.